The molecule has 47 heavy (non-hydrogen) atoms. The van der Waals surface area contributed by atoms with Gasteiger partial charge in [-0.1, -0.05) is 60.7 Å². The molecule has 1 heterocycles. The summed E-state index contributed by atoms with van der Waals surface area (Å²) in [6, 6.07) is 42.7. The van der Waals surface area contributed by atoms with E-state index >= 15 is 0 Å². The maximum atomic E-state index is 13.2. The molecule has 0 aliphatic rings. The number of aliphatic carboxylic acids is 1. The Hall–Kier alpha value is -5.80. The fourth-order valence-corrected chi connectivity index (χ4v) is 6.13. The van der Waals surface area contributed by atoms with E-state index < -0.39 is 17.7 Å². The molecule has 0 aliphatic carbocycles. The number of thiophene rings is 1. The second-order valence-corrected chi connectivity index (χ2v) is 11.9. The summed E-state index contributed by atoms with van der Waals surface area (Å²) < 4.78 is 39.5. The van der Waals surface area contributed by atoms with E-state index in [9.17, 15) is 18.0 Å². The number of anilines is 5. The molecule has 0 fully saturated rings. The van der Waals surface area contributed by atoms with Crippen LogP contribution >= 0.6 is 11.3 Å². The van der Waals surface area contributed by atoms with Crippen molar-refractivity contribution in [3.63, 3.8) is 0 Å². The Bertz CT molecular complexity index is 1940. The number of halogens is 3. The monoisotopic (exact) mass is 647 g/mol. The van der Waals surface area contributed by atoms with E-state index in [1.165, 1.54) is 6.07 Å². The van der Waals surface area contributed by atoms with Gasteiger partial charge in [0.05, 0.1) is 0 Å². The summed E-state index contributed by atoms with van der Waals surface area (Å²) in [6.45, 7) is 0. The van der Waals surface area contributed by atoms with Crippen molar-refractivity contribution in [3.05, 3.63) is 144 Å². The van der Waals surface area contributed by atoms with Crippen LogP contribution in [0, 0.1) is 0 Å². The molecular weight excluding hydrogens is 619 g/mol. The lowest BCUT2D eigenvalue weighted by Crippen LogP contribution is -2.19. The van der Waals surface area contributed by atoms with Crippen molar-refractivity contribution in [2.24, 2.45) is 0 Å². The number of nitrogens with zero attached hydrogens (tertiary/aromatic N) is 1. The first-order valence-electron chi connectivity index (χ1n) is 14.5. The van der Waals surface area contributed by atoms with Crippen LogP contribution < -0.4 is 16.4 Å². The third-order valence-electron chi connectivity index (χ3n) is 7.60. The largest absolute Gasteiger partial charge is 0.478 e. The predicted molar refractivity (Wildman–Crippen MR) is 186 cm³/mol. The normalized spacial score (nSPS) is 11.8. The summed E-state index contributed by atoms with van der Waals surface area (Å²) in [5.41, 5.74) is 19.2. The molecule has 0 radical (unpaired) electrons. The van der Waals surface area contributed by atoms with Crippen molar-refractivity contribution >= 4 is 51.8 Å². The maximum Gasteiger partial charge on any atom is 0.423 e. The lowest BCUT2D eigenvalue weighted by atomic mass is 10.0. The van der Waals surface area contributed by atoms with Gasteiger partial charge in [0.1, 0.15) is 5.57 Å². The highest BCUT2D eigenvalue weighted by atomic mass is 32.1. The van der Waals surface area contributed by atoms with Crippen LogP contribution in [0.4, 0.5) is 41.6 Å². The topological polar surface area (TPSA) is 92.6 Å². The number of carbonyl (C=O) groups is 1. The molecule has 234 valence electrons. The van der Waals surface area contributed by atoms with Crippen molar-refractivity contribution in [2.75, 3.05) is 16.4 Å². The van der Waals surface area contributed by atoms with Crippen LogP contribution in [0.25, 0.3) is 38.8 Å². The molecule has 6 rings (SSSR count). The molecule has 9 heteroatoms. The molecule has 0 saturated heterocycles. The lowest BCUT2D eigenvalue weighted by molar-refractivity contribution is -0.144. The fourth-order valence-electron chi connectivity index (χ4n) is 5.17. The zero-order chi connectivity index (χ0) is 33.1. The number of hydrogen-bond donors (Lipinski definition) is 3. The average molecular weight is 648 g/mol. The van der Waals surface area contributed by atoms with Crippen LogP contribution in [-0.4, -0.2) is 17.3 Å². The fraction of sp³-hybridized carbons (Fsp3) is 0.0263. The smallest absolute Gasteiger partial charge is 0.423 e. The molecule has 5 nitrogen and oxygen atoms in total. The van der Waals surface area contributed by atoms with Gasteiger partial charge in [-0.25, -0.2) is 4.79 Å². The number of nitrogen functional groups attached to an aromatic ring is 2. The molecule has 1 aromatic heterocycles. The van der Waals surface area contributed by atoms with E-state index in [0.717, 1.165) is 56.2 Å². The SMILES string of the molecule is Nc1ccc(-c2ccc(N(c3ccc(-c4ccc(N)cc4)cc3)c3ccc(-c4ccc(/C=C(/C(=O)O)C(F)(F)F)s4)cc3)cc2)cc1. The number of alkyl halides is 3. The highest BCUT2D eigenvalue weighted by molar-refractivity contribution is 7.16. The van der Waals surface area contributed by atoms with E-state index in [1.807, 2.05) is 97.1 Å². The predicted octanol–water partition coefficient (Wildman–Crippen LogP) is 10.4. The molecule has 5 aromatic carbocycles. The van der Waals surface area contributed by atoms with Crippen molar-refractivity contribution in [2.45, 2.75) is 6.18 Å². The van der Waals surface area contributed by atoms with Crippen LogP contribution in [-0.2, 0) is 4.79 Å². The number of rotatable bonds is 8. The molecular formula is C38H28F3N3O2S. The van der Waals surface area contributed by atoms with E-state index in [-0.39, 0.29) is 4.88 Å². The highest BCUT2D eigenvalue weighted by Gasteiger charge is 2.38. The minimum absolute atomic E-state index is 0.197. The van der Waals surface area contributed by atoms with Gasteiger partial charge in [0.15, 0.2) is 0 Å². The Kier molecular flexibility index (Phi) is 8.56. The van der Waals surface area contributed by atoms with Gasteiger partial charge in [-0.05, 0) is 107 Å². The molecule has 0 atom stereocenters. The lowest BCUT2D eigenvalue weighted by Gasteiger charge is -2.26. The van der Waals surface area contributed by atoms with Gasteiger partial charge in [-0.3, -0.25) is 0 Å². The Morgan fingerprint density at radius 3 is 1.30 bits per heavy atom. The van der Waals surface area contributed by atoms with E-state index in [4.69, 9.17) is 16.6 Å². The van der Waals surface area contributed by atoms with E-state index in [2.05, 4.69) is 29.2 Å². The molecule has 0 amide bonds. The average Bonchev–Trinajstić information content (AvgIpc) is 3.54. The Morgan fingerprint density at radius 2 is 0.936 bits per heavy atom. The number of hydrogen-bond acceptors (Lipinski definition) is 5. The van der Waals surface area contributed by atoms with Gasteiger partial charge in [0.2, 0.25) is 0 Å². The van der Waals surface area contributed by atoms with Gasteiger partial charge >= 0.3 is 12.1 Å². The van der Waals surface area contributed by atoms with Gasteiger partial charge in [-0.15, -0.1) is 11.3 Å². The quantitative estimate of drug-likeness (QED) is 0.113. The molecule has 6 aromatic rings. The second-order valence-electron chi connectivity index (χ2n) is 10.8. The minimum atomic E-state index is -4.96. The van der Waals surface area contributed by atoms with Crippen LogP contribution in [0.1, 0.15) is 4.88 Å². The van der Waals surface area contributed by atoms with Crippen molar-refractivity contribution in [1.29, 1.82) is 0 Å². The zero-order valence-corrected chi connectivity index (χ0v) is 25.6. The first-order valence-corrected chi connectivity index (χ1v) is 15.3. The summed E-state index contributed by atoms with van der Waals surface area (Å²) >= 11 is 1.09. The summed E-state index contributed by atoms with van der Waals surface area (Å²) in [6.07, 6.45) is -4.30. The molecule has 0 unspecified atom stereocenters. The van der Waals surface area contributed by atoms with E-state index in [1.54, 1.807) is 6.07 Å². The van der Waals surface area contributed by atoms with Crippen LogP contribution in [0.2, 0.25) is 0 Å². The summed E-state index contributed by atoms with van der Waals surface area (Å²) in [5.74, 6) is -2.01. The van der Waals surface area contributed by atoms with Crippen molar-refractivity contribution < 1.29 is 23.1 Å². The van der Waals surface area contributed by atoms with Gasteiger partial charge in [0, 0.05) is 38.2 Å². The Balaban J connectivity index is 1.34. The molecule has 0 bridgehead atoms. The van der Waals surface area contributed by atoms with Crippen molar-refractivity contribution in [1.82, 2.24) is 0 Å². The maximum absolute atomic E-state index is 13.2. The van der Waals surface area contributed by atoms with Crippen LogP contribution in [0.3, 0.4) is 0 Å². The first kappa shape index (κ1) is 31.2. The zero-order valence-electron chi connectivity index (χ0n) is 24.8. The summed E-state index contributed by atoms with van der Waals surface area (Å²) in [4.78, 5) is 14.2. The van der Waals surface area contributed by atoms with Crippen LogP contribution in [0.15, 0.2) is 139 Å². The summed E-state index contributed by atoms with van der Waals surface area (Å²) in [5, 5.41) is 9.03. The molecule has 0 aliphatic heterocycles. The third kappa shape index (κ3) is 7.05. The van der Waals surface area contributed by atoms with Gasteiger partial charge < -0.3 is 21.5 Å². The first-order chi connectivity index (χ1) is 22.5. The molecule has 5 N–H and O–H groups in total. The third-order valence-corrected chi connectivity index (χ3v) is 8.68. The van der Waals surface area contributed by atoms with Gasteiger partial charge in [-0.2, -0.15) is 13.2 Å². The number of carboxylic acids is 1. The molecule has 0 saturated carbocycles. The Labute approximate surface area is 273 Å². The molecule has 0 spiro atoms. The number of benzene rings is 5. The summed E-state index contributed by atoms with van der Waals surface area (Å²) in [7, 11) is 0. The van der Waals surface area contributed by atoms with Crippen molar-refractivity contribution in [3.8, 4) is 32.7 Å². The van der Waals surface area contributed by atoms with Crippen LogP contribution in [0.5, 0.6) is 0 Å². The Morgan fingerprint density at radius 1 is 0.574 bits per heavy atom. The van der Waals surface area contributed by atoms with E-state index in [0.29, 0.717) is 22.3 Å². The second kappa shape index (κ2) is 12.9. The standard InChI is InChI=1S/C38H28F3N3O2S/c39-38(40,41)35(37(45)46)23-34-21-22-36(47-34)28-9-19-33(20-10-28)44(31-15-5-26(6-16-31)24-1-11-29(42)12-2-24)32-17-7-27(8-18-32)25-3-13-30(43)14-4-25/h1-23H,42-43H2,(H,45,46)/b35-23-. The number of carboxylic acid groups (broad SMARTS) is 1. The van der Waals surface area contributed by atoms with Gasteiger partial charge in [0.25, 0.3) is 0 Å². The number of nitrogens with two attached hydrogens (primary N) is 2. The minimum Gasteiger partial charge on any atom is -0.478 e. The highest BCUT2D eigenvalue weighted by Crippen LogP contribution is 2.39.